The molecule has 5 heteroatoms. The van der Waals surface area contributed by atoms with E-state index >= 15 is 0 Å². The second-order valence-corrected chi connectivity index (χ2v) is 7.25. The lowest BCUT2D eigenvalue weighted by Gasteiger charge is -2.35. The highest BCUT2D eigenvalue weighted by Gasteiger charge is 2.40. The molecule has 2 aliphatic rings. The lowest BCUT2D eigenvalue weighted by Crippen LogP contribution is -2.51. The van der Waals surface area contributed by atoms with Gasteiger partial charge in [-0.15, -0.1) is 0 Å². The Kier molecular flexibility index (Phi) is 5.21. The second kappa shape index (κ2) is 7.92. The molecule has 2 amide bonds. The summed E-state index contributed by atoms with van der Waals surface area (Å²) in [5.41, 5.74) is 2.17. The van der Waals surface area contributed by atoms with E-state index in [2.05, 4.69) is 29.2 Å². The minimum atomic E-state index is -0.522. The third-order valence-corrected chi connectivity index (χ3v) is 5.50. The quantitative estimate of drug-likeness (QED) is 0.784. The molecule has 2 fully saturated rings. The van der Waals surface area contributed by atoms with Crippen LogP contribution in [0, 0.1) is 5.92 Å². The molecule has 140 valence electrons. The summed E-state index contributed by atoms with van der Waals surface area (Å²) in [5.74, 6) is -0.582. The predicted molar refractivity (Wildman–Crippen MR) is 105 cm³/mol. The average Bonchev–Trinajstić information content (AvgIpc) is 3.11. The molecule has 5 nitrogen and oxygen atoms in total. The van der Waals surface area contributed by atoms with Crippen molar-refractivity contribution in [2.45, 2.75) is 13.0 Å². The Labute approximate surface area is 160 Å². The monoisotopic (exact) mass is 363 g/mol. The van der Waals surface area contributed by atoms with Crippen LogP contribution in [-0.4, -0.2) is 54.3 Å². The van der Waals surface area contributed by atoms with Crippen molar-refractivity contribution in [3.05, 3.63) is 66.2 Å². The van der Waals surface area contributed by atoms with Gasteiger partial charge >= 0.3 is 0 Å². The van der Waals surface area contributed by atoms with E-state index < -0.39 is 5.92 Å². The maximum Gasteiger partial charge on any atom is 0.239 e. The van der Waals surface area contributed by atoms with Crippen LogP contribution in [0.15, 0.2) is 60.7 Å². The van der Waals surface area contributed by atoms with Gasteiger partial charge in [0.1, 0.15) is 5.92 Å². The third kappa shape index (κ3) is 3.88. The Hall–Kier alpha value is -2.66. The van der Waals surface area contributed by atoms with Crippen LogP contribution in [0.4, 0.5) is 5.69 Å². The zero-order valence-electron chi connectivity index (χ0n) is 15.5. The van der Waals surface area contributed by atoms with Gasteiger partial charge in [0.15, 0.2) is 0 Å². The number of amides is 2. The molecule has 2 aromatic carbocycles. The summed E-state index contributed by atoms with van der Waals surface area (Å²) in [6.07, 6.45) is 0.608. The third-order valence-electron chi connectivity index (χ3n) is 5.50. The standard InChI is InChI=1S/C22H25N3O2/c26-21(20-11-12-25(22(20)27)19-9-5-2-6-10-19)24-15-13-23(14-16-24)17-18-7-3-1-4-8-18/h1-10,20H,11-17H2. The van der Waals surface area contributed by atoms with Gasteiger partial charge in [0.05, 0.1) is 0 Å². The van der Waals surface area contributed by atoms with Crippen LogP contribution >= 0.6 is 0 Å². The van der Waals surface area contributed by atoms with Crippen molar-refractivity contribution >= 4 is 17.5 Å². The normalized spacial score (nSPS) is 20.9. The SMILES string of the molecule is O=C(C1CCN(c2ccccc2)C1=O)N1CCN(Cc2ccccc2)CC1. The number of carbonyl (C=O) groups excluding carboxylic acids is 2. The molecule has 0 radical (unpaired) electrons. The number of para-hydroxylation sites is 1. The number of hydrogen-bond donors (Lipinski definition) is 0. The van der Waals surface area contributed by atoms with Crippen LogP contribution < -0.4 is 4.90 Å². The fraction of sp³-hybridized carbons (Fsp3) is 0.364. The molecule has 1 atom stereocenters. The number of rotatable bonds is 4. The molecule has 2 aliphatic heterocycles. The summed E-state index contributed by atoms with van der Waals surface area (Å²) in [7, 11) is 0. The summed E-state index contributed by atoms with van der Waals surface area (Å²) in [6, 6.07) is 20.0. The molecular weight excluding hydrogens is 338 g/mol. The Bertz CT molecular complexity index is 786. The number of hydrogen-bond acceptors (Lipinski definition) is 3. The van der Waals surface area contributed by atoms with Gasteiger partial charge in [-0.1, -0.05) is 48.5 Å². The molecule has 0 N–H and O–H groups in total. The van der Waals surface area contributed by atoms with Crippen molar-refractivity contribution in [1.82, 2.24) is 9.80 Å². The second-order valence-electron chi connectivity index (χ2n) is 7.25. The number of anilines is 1. The van der Waals surface area contributed by atoms with E-state index in [9.17, 15) is 9.59 Å². The highest BCUT2D eigenvalue weighted by Crippen LogP contribution is 2.26. The van der Waals surface area contributed by atoms with Gasteiger partial charge in [-0.05, 0) is 24.1 Å². The zero-order valence-corrected chi connectivity index (χ0v) is 15.5. The number of benzene rings is 2. The number of piperazine rings is 1. The zero-order chi connectivity index (χ0) is 18.6. The van der Waals surface area contributed by atoms with Crippen molar-refractivity contribution in [3.8, 4) is 0 Å². The van der Waals surface area contributed by atoms with Gasteiger partial charge in [-0.3, -0.25) is 14.5 Å². The Balaban J connectivity index is 1.32. The average molecular weight is 363 g/mol. The maximum absolute atomic E-state index is 12.9. The van der Waals surface area contributed by atoms with Crippen LogP contribution in [0.1, 0.15) is 12.0 Å². The summed E-state index contributed by atoms with van der Waals surface area (Å²) in [5, 5.41) is 0. The molecule has 0 aromatic heterocycles. The summed E-state index contributed by atoms with van der Waals surface area (Å²) >= 11 is 0. The van der Waals surface area contributed by atoms with Gasteiger partial charge in [0, 0.05) is 45.0 Å². The molecular formula is C22H25N3O2. The number of carbonyl (C=O) groups is 2. The molecule has 2 heterocycles. The van der Waals surface area contributed by atoms with Crippen molar-refractivity contribution in [1.29, 1.82) is 0 Å². The molecule has 0 bridgehead atoms. The smallest absolute Gasteiger partial charge is 0.239 e. The van der Waals surface area contributed by atoms with Crippen LogP contribution in [-0.2, 0) is 16.1 Å². The minimum Gasteiger partial charge on any atom is -0.339 e. The molecule has 2 saturated heterocycles. The van der Waals surface area contributed by atoms with Gasteiger partial charge in [-0.25, -0.2) is 0 Å². The van der Waals surface area contributed by atoms with Crippen molar-refractivity contribution < 1.29 is 9.59 Å². The van der Waals surface area contributed by atoms with Crippen molar-refractivity contribution in [2.24, 2.45) is 5.92 Å². The highest BCUT2D eigenvalue weighted by atomic mass is 16.2. The summed E-state index contributed by atoms with van der Waals surface area (Å²) in [4.78, 5) is 31.7. The Morgan fingerprint density at radius 3 is 2.15 bits per heavy atom. The fourth-order valence-corrected chi connectivity index (χ4v) is 3.96. The fourth-order valence-electron chi connectivity index (χ4n) is 3.96. The van der Waals surface area contributed by atoms with Crippen molar-refractivity contribution in [2.75, 3.05) is 37.6 Å². The van der Waals surface area contributed by atoms with Gasteiger partial charge < -0.3 is 9.80 Å². The number of nitrogens with zero attached hydrogens (tertiary/aromatic N) is 3. The Morgan fingerprint density at radius 2 is 1.48 bits per heavy atom. The topological polar surface area (TPSA) is 43.9 Å². The summed E-state index contributed by atoms with van der Waals surface area (Å²) in [6.45, 7) is 4.62. The van der Waals surface area contributed by atoms with E-state index in [1.807, 2.05) is 41.3 Å². The van der Waals surface area contributed by atoms with E-state index in [0.717, 1.165) is 25.3 Å². The van der Waals surface area contributed by atoms with E-state index in [-0.39, 0.29) is 11.8 Å². The molecule has 1 unspecified atom stereocenters. The lowest BCUT2D eigenvalue weighted by atomic mass is 10.1. The largest absolute Gasteiger partial charge is 0.339 e. The first-order valence-corrected chi connectivity index (χ1v) is 9.64. The van der Waals surface area contributed by atoms with Gasteiger partial charge in [0.2, 0.25) is 11.8 Å². The van der Waals surface area contributed by atoms with Gasteiger partial charge in [0.25, 0.3) is 0 Å². The molecule has 2 aromatic rings. The first kappa shape index (κ1) is 17.7. The van der Waals surface area contributed by atoms with Crippen LogP contribution in [0.2, 0.25) is 0 Å². The van der Waals surface area contributed by atoms with E-state index in [4.69, 9.17) is 0 Å². The lowest BCUT2D eigenvalue weighted by molar-refractivity contribution is -0.141. The predicted octanol–water partition coefficient (Wildman–Crippen LogP) is 2.38. The van der Waals surface area contributed by atoms with Crippen LogP contribution in [0.3, 0.4) is 0 Å². The minimum absolute atomic E-state index is 0.00204. The maximum atomic E-state index is 12.9. The molecule has 27 heavy (non-hydrogen) atoms. The van der Waals surface area contributed by atoms with Crippen molar-refractivity contribution in [3.63, 3.8) is 0 Å². The van der Waals surface area contributed by atoms with Gasteiger partial charge in [-0.2, -0.15) is 0 Å². The van der Waals surface area contributed by atoms with E-state index in [0.29, 0.717) is 26.1 Å². The van der Waals surface area contributed by atoms with E-state index in [1.54, 1.807) is 4.90 Å². The molecule has 0 saturated carbocycles. The first-order valence-electron chi connectivity index (χ1n) is 9.64. The molecule has 0 spiro atoms. The summed E-state index contributed by atoms with van der Waals surface area (Å²) < 4.78 is 0. The Morgan fingerprint density at radius 1 is 0.852 bits per heavy atom. The highest BCUT2D eigenvalue weighted by molar-refractivity contribution is 6.09. The first-order chi connectivity index (χ1) is 13.2. The molecule has 4 rings (SSSR count). The van der Waals surface area contributed by atoms with Crippen LogP contribution in [0.5, 0.6) is 0 Å². The van der Waals surface area contributed by atoms with E-state index in [1.165, 1.54) is 5.56 Å². The molecule has 0 aliphatic carbocycles. The van der Waals surface area contributed by atoms with Crippen LogP contribution in [0.25, 0.3) is 0 Å².